The van der Waals surface area contributed by atoms with Gasteiger partial charge in [-0.15, -0.1) is 0 Å². The summed E-state index contributed by atoms with van der Waals surface area (Å²) in [6, 6.07) is 11.4. The van der Waals surface area contributed by atoms with Crippen LogP contribution in [0.4, 0.5) is 18.9 Å². The van der Waals surface area contributed by atoms with E-state index < -0.39 is 24.8 Å². The predicted molar refractivity (Wildman–Crippen MR) is 87.3 cm³/mol. The van der Waals surface area contributed by atoms with Crippen molar-refractivity contribution >= 4 is 11.6 Å². The Kier molecular flexibility index (Phi) is 3.90. The van der Waals surface area contributed by atoms with Gasteiger partial charge in [0, 0.05) is 5.69 Å². The summed E-state index contributed by atoms with van der Waals surface area (Å²) in [5, 5.41) is 3.03. The fourth-order valence-corrected chi connectivity index (χ4v) is 3.14. The van der Waals surface area contributed by atoms with Gasteiger partial charge in [-0.1, -0.05) is 18.2 Å². The first-order valence-corrected chi connectivity index (χ1v) is 8.05. The lowest BCUT2D eigenvalue weighted by molar-refractivity contribution is -0.144. The van der Waals surface area contributed by atoms with E-state index >= 15 is 0 Å². The third-order valence-electron chi connectivity index (χ3n) is 4.25. The lowest BCUT2D eigenvalue weighted by Crippen LogP contribution is -2.47. The Balaban J connectivity index is 1.75. The van der Waals surface area contributed by atoms with Crippen LogP contribution in [0.25, 0.3) is 0 Å². The number of ether oxygens (including phenoxy) is 2. The Morgan fingerprint density at radius 1 is 1.08 bits per heavy atom. The SMILES string of the molecule is O=C1c2ccccc2N[C@H](c2ccc3c(c2)OCCO3)N1CC(F)(F)F. The molecule has 0 aliphatic carbocycles. The van der Waals surface area contributed by atoms with Gasteiger partial charge >= 0.3 is 6.18 Å². The Morgan fingerprint density at radius 3 is 2.58 bits per heavy atom. The highest BCUT2D eigenvalue weighted by Crippen LogP contribution is 2.38. The number of anilines is 1. The number of benzene rings is 2. The number of hydrogen-bond donors (Lipinski definition) is 1. The normalized spacial score (nSPS) is 19.0. The molecule has 0 bridgehead atoms. The fraction of sp³-hybridized carbons (Fsp3) is 0.278. The molecule has 4 rings (SSSR count). The molecule has 1 N–H and O–H groups in total. The molecule has 0 saturated carbocycles. The molecule has 136 valence electrons. The van der Waals surface area contributed by atoms with E-state index in [9.17, 15) is 18.0 Å². The first-order chi connectivity index (χ1) is 12.4. The number of amides is 1. The topological polar surface area (TPSA) is 50.8 Å². The zero-order chi connectivity index (χ0) is 18.3. The van der Waals surface area contributed by atoms with Crippen LogP contribution in [0.3, 0.4) is 0 Å². The van der Waals surface area contributed by atoms with Crippen LogP contribution in [0, 0.1) is 0 Å². The van der Waals surface area contributed by atoms with Crippen molar-refractivity contribution in [3.05, 3.63) is 53.6 Å². The van der Waals surface area contributed by atoms with E-state index in [1.54, 1.807) is 36.4 Å². The fourth-order valence-electron chi connectivity index (χ4n) is 3.14. The van der Waals surface area contributed by atoms with Crippen LogP contribution in [0.5, 0.6) is 11.5 Å². The molecule has 1 atom stereocenters. The predicted octanol–water partition coefficient (Wildman–Crippen LogP) is 3.59. The van der Waals surface area contributed by atoms with Gasteiger partial charge in [0.15, 0.2) is 11.5 Å². The minimum absolute atomic E-state index is 0.213. The number of fused-ring (bicyclic) bond motifs is 2. The van der Waals surface area contributed by atoms with Crippen LogP contribution in [-0.2, 0) is 0 Å². The number of nitrogens with zero attached hydrogens (tertiary/aromatic N) is 1. The van der Waals surface area contributed by atoms with Gasteiger partial charge in [-0.2, -0.15) is 13.2 Å². The monoisotopic (exact) mass is 364 g/mol. The molecule has 0 aromatic heterocycles. The molecule has 0 radical (unpaired) electrons. The van der Waals surface area contributed by atoms with Gasteiger partial charge in [0.2, 0.25) is 0 Å². The van der Waals surface area contributed by atoms with Crippen molar-refractivity contribution in [2.75, 3.05) is 25.1 Å². The summed E-state index contributed by atoms with van der Waals surface area (Å²) in [5.74, 6) is 0.315. The van der Waals surface area contributed by atoms with E-state index in [1.165, 1.54) is 6.07 Å². The van der Waals surface area contributed by atoms with Gasteiger partial charge in [-0.25, -0.2) is 0 Å². The van der Waals surface area contributed by atoms with Crippen LogP contribution < -0.4 is 14.8 Å². The highest BCUT2D eigenvalue weighted by molar-refractivity contribution is 6.01. The molecule has 26 heavy (non-hydrogen) atoms. The van der Waals surface area contributed by atoms with Gasteiger partial charge in [0.1, 0.15) is 25.9 Å². The summed E-state index contributed by atoms with van der Waals surface area (Å²) in [7, 11) is 0. The van der Waals surface area contributed by atoms with Gasteiger partial charge < -0.3 is 19.7 Å². The highest BCUT2D eigenvalue weighted by Gasteiger charge is 2.40. The lowest BCUT2D eigenvalue weighted by Gasteiger charge is -2.38. The van der Waals surface area contributed by atoms with Gasteiger partial charge in [-0.05, 0) is 29.8 Å². The van der Waals surface area contributed by atoms with E-state index in [1.807, 2.05) is 0 Å². The average molecular weight is 364 g/mol. The van der Waals surface area contributed by atoms with E-state index in [0.29, 0.717) is 36.0 Å². The Bertz CT molecular complexity index is 854. The lowest BCUT2D eigenvalue weighted by atomic mass is 10.0. The number of hydrogen-bond acceptors (Lipinski definition) is 4. The van der Waals surface area contributed by atoms with Crippen molar-refractivity contribution in [2.24, 2.45) is 0 Å². The second kappa shape index (κ2) is 6.12. The van der Waals surface area contributed by atoms with Crippen LogP contribution in [-0.4, -0.2) is 36.7 Å². The summed E-state index contributed by atoms with van der Waals surface area (Å²) in [6.07, 6.45) is -5.48. The Labute approximate surface area is 147 Å². The van der Waals surface area contributed by atoms with Crippen molar-refractivity contribution in [1.82, 2.24) is 4.90 Å². The second-order valence-corrected chi connectivity index (χ2v) is 6.04. The average Bonchev–Trinajstić information content (AvgIpc) is 2.62. The van der Waals surface area contributed by atoms with E-state index in [2.05, 4.69) is 5.32 Å². The van der Waals surface area contributed by atoms with Gasteiger partial charge in [0.25, 0.3) is 5.91 Å². The summed E-state index contributed by atoms with van der Waals surface area (Å²) < 4.78 is 50.2. The van der Waals surface area contributed by atoms with E-state index in [0.717, 1.165) is 4.90 Å². The van der Waals surface area contributed by atoms with Crippen LogP contribution in [0.2, 0.25) is 0 Å². The Morgan fingerprint density at radius 2 is 1.81 bits per heavy atom. The Hall–Kier alpha value is -2.90. The molecule has 0 fully saturated rings. The molecule has 2 aromatic carbocycles. The van der Waals surface area contributed by atoms with Crippen LogP contribution in [0.1, 0.15) is 22.1 Å². The summed E-state index contributed by atoms with van der Waals surface area (Å²) in [6.45, 7) is -0.574. The first-order valence-electron chi connectivity index (χ1n) is 8.05. The molecule has 2 aliphatic heterocycles. The molecule has 1 amide bonds. The number of carbonyl (C=O) groups is 1. The molecule has 2 aliphatic rings. The molecule has 8 heteroatoms. The van der Waals surface area contributed by atoms with Gasteiger partial charge in [0.05, 0.1) is 5.56 Å². The van der Waals surface area contributed by atoms with Crippen molar-refractivity contribution in [1.29, 1.82) is 0 Å². The molecule has 2 heterocycles. The molecular weight excluding hydrogens is 349 g/mol. The number of rotatable bonds is 2. The standard InChI is InChI=1S/C18H15F3N2O3/c19-18(20,21)10-23-16(22-13-4-2-1-3-12(13)17(23)24)11-5-6-14-15(9-11)26-8-7-25-14/h1-6,9,16,22H,7-8,10H2/t16-/m0/s1. The quantitative estimate of drug-likeness (QED) is 0.885. The number of para-hydroxylation sites is 1. The number of alkyl halides is 3. The van der Waals surface area contributed by atoms with Crippen molar-refractivity contribution in [3.63, 3.8) is 0 Å². The molecule has 0 unspecified atom stereocenters. The van der Waals surface area contributed by atoms with Gasteiger partial charge in [-0.3, -0.25) is 4.79 Å². The van der Waals surface area contributed by atoms with E-state index in [-0.39, 0.29) is 5.56 Å². The molecule has 0 saturated heterocycles. The molecule has 5 nitrogen and oxygen atoms in total. The summed E-state index contributed by atoms with van der Waals surface area (Å²) in [5.41, 5.74) is 1.20. The van der Waals surface area contributed by atoms with Crippen LogP contribution in [0.15, 0.2) is 42.5 Å². The summed E-state index contributed by atoms with van der Waals surface area (Å²) in [4.78, 5) is 13.5. The molecule has 2 aromatic rings. The second-order valence-electron chi connectivity index (χ2n) is 6.04. The smallest absolute Gasteiger partial charge is 0.406 e. The first kappa shape index (κ1) is 16.6. The molecular formula is C18H15F3N2O3. The minimum atomic E-state index is -4.52. The number of carbonyl (C=O) groups excluding carboxylic acids is 1. The number of halogens is 3. The molecule has 0 spiro atoms. The minimum Gasteiger partial charge on any atom is -0.486 e. The zero-order valence-electron chi connectivity index (χ0n) is 13.5. The van der Waals surface area contributed by atoms with Crippen molar-refractivity contribution < 1.29 is 27.4 Å². The maximum absolute atomic E-state index is 13.1. The maximum Gasteiger partial charge on any atom is 0.406 e. The maximum atomic E-state index is 13.1. The third-order valence-corrected chi connectivity index (χ3v) is 4.25. The largest absolute Gasteiger partial charge is 0.486 e. The van der Waals surface area contributed by atoms with E-state index in [4.69, 9.17) is 9.47 Å². The number of nitrogens with one attached hydrogen (secondary N) is 1. The zero-order valence-corrected chi connectivity index (χ0v) is 13.5. The summed E-state index contributed by atoms with van der Waals surface area (Å²) >= 11 is 0. The third kappa shape index (κ3) is 3.02. The van der Waals surface area contributed by atoms with Crippen molar-refractivity contribution in [2.45, 2.75) is 12.3 Å². The van der Waals surface area contributed by atoms with Crippen molar-refractivity contribution in [3.8, 4) is 11.5 Å². The van der Waals surface area contributed by atoms with Crippen LogP contribution >= 0.6 is 0 Å². The highest BCUT2D eigenvalue weighted by atomic mass is 19.4.